The Hall–Kier alpha value is -0.220. The van der Waals surface area contributed by atoms with Gasteiger partial charge in [-0.1, -0.05) is 84.5 Å². The minimum absolute atomic E-state index is 0.0328. The maximum atomic E-state index is 11.6. The first kappa shape index (κ1) is 22.8. The summed E-state index contributed by atoms with van der Waals surface area (Å²) in [6.07, 6.45) is 16.4. The van der Waals surface area contributed by atoms with E-state index < -0.39 is 0 Å². The maximum absolute atomic E-state index is 11.6. The highest BCUT2D eigenvalue weighted by atomic mass is 32.2. The lowest BCUT2D eigenvalue weighted by molar-refractivity contribution is -0.169. The number of carbonyl (C=O) groups excluding carboxylic acids is 1. The third-order valence-electron chi connectivity index (χ3n) is 5.03. The van der Waals surface area contributed by atoms with Crippen molar-refractivity contribution in [3.63, 3.8) is 0 Å². The number of esters is 1. The number of aliphatic hydroxyl groups is 1. The third-order valence-corrected chi connectivity index (χ3v) is 6.41. The molecule has 0 aromatic heterocycles. The lowest BCUT2D eigenvalue weighted by Gasteiger charge is -2.35. The standard InChI is InChI=1S/C21H40O3S/c1-3-5-7-8-9-10-11-12-13-15-18(22)17-19-20(21(23)24-19)25-16-14-6-4-2/h18-20,22H,3-17H2,1-2H3/t18-,19-,20-/m0/s1. The molecule has 25 heavy (non-hydrogen) atoms. The molecule has 1 saturated heterocycles. The summed E-state index contributed by atoms with van der Waals surface area (Å²) in [5, 5.41) is 10.2. The Morgan fingerprint density at radius 3 is 2.08 bits per heavy atom. The summed E-state index contributed by atoms with van der Waals surface area (Å²) in [6, 6.07) is 0. The van der Waals surface area contributed by atoms with Gasteiger partial charge in [0.25, 0.3) is 0 Å². The summed E-state index contributed by atoms with van der Waals surface area (Å²) in [6.45, 7) is 4.44. The van der Waals surface area contributed by atoms with Crippen LogP contribution in [0.1, 0.15) is 104 Å². The number of hydrogen-bond donors (Lipinski definition) is 1. The number of hydrogen-bond acceptors (Lipinski definition) is 4. The predicted molar refractivity (Wildman–Crippen MR) is 108 cm³/mol. The summed E-state index contributed by atoms with van der Waals surface area (Å²) in [7, 11) is 0. The van der Waals surface area contributed by atoms with Crippen LogP contribution in [-0.4, -0.2) is 34.3 Å². The van der Waals surface area contributed by atoms with Crippen molar-refractivity contribution < 1.29 is 14.6 Å². The largest absolute Gasteiger partial charge is 0.460 e. The van der Waals surface area contributed by atoms with Crippen LogP contribution in [0.3, 0.4) is 0 Å². The Balaban J connectivity index is 1.98. The molecule has 0 radical (unpaired) electrons. The summed E-state index contributed by atoms with van der Waals surface area (Å²) in [5.41, 5.74) is 0. The van der Waals surface area contributed by atoms with Crippen LogP contribution >= 0.6 is 11.8 Å². The van der Waals surface area contributed by atoms with Crippen molar-refractivity contribution in [3.8, 4) is 0 Å². The van der Waals surface area contributed by atoms with Gasteiger partial charge in [0.05, 0.1) is 6.10 Å². The molecule has 1 aliphatic heterocycles. The van der Waals surface area contributed by atoms with Crippen molar-refractivity contribution in [3.05, 3.63) is 0 Å². The van der Waals surface area contributed by atoms with Gasteiger partial charge in [-0.25, -0.2) is 0 Å². The summed E-state index contributed by atoms with van der Waals surface area (Å²) >= 11 is 1.72. The maximum Gasteiger partial charge on any atom is 0.323 e. The average Bonchev–Trinajstić information content (AvgIpc) is 2.59. The lowest BCUT2D eigenvalue weighted by atomic mass is 9.99. The Kier molecular flexibility index (Phi) is 13.6. The second-order valence-electron chi connectivity index (χ2n) is 7.48. The molecule has 0 unspecified atom stereocenters. The minimum atomic E-state index is -0.318. The highest BCUT2D eigenvalue weighted by Crippen LogP contribution is 2.32. The van der Waals surface area contributed by atoms with Gasteiger partial charge in [0.15, 0.2) is 0 Å². The van der Waals surface area contributed by atoms with Gasteiger partial charge in [-0.05, 0) is 18.6 Å². The predicted octanol–water partition coefficient (Wildman–Crippen LogP) is 5.88. The molecule has 0 saturated carbocycles. The summed E-state index contributed by atoms with van der Waals surface area (Å²) < 4.78 is 5.25. The monoisotopic (exact) mass is 372 g/mol. The number of rotatable bonds is 17. The molecule has 0 aromatic carbocycles. The van der Waals surface area contributed by atoms with E-state index in [0.717, 1.165) is 18.6 Å². The molecule has 1 heterocycles. The van der Waals surface area contributed by atoms with Crippen LogP contribution in [0.5, 0.6) is 0 Å². The van der Waals surface area contributed by atoms with E-state index in [1.807, 2.05) is 0 Å². The van der Waals surface area contributed by atoms with Crippen molar-refractivity contribution in [2.75, 3.05) is 5.75 Å². The first-order valence-corrected chi connectivity index (χ1v) is 11.7. The molecule has 148 valence electrons. The van der Waals surface area contributed by atoms with Gasteiger partial charge in [-0.2, -0.15) is 0 Å². The molecule has 0 aromatic rings. The third kappa shape index (κ3) is 10.5. The fraction of sp³-hybridized carbons (Fsp3) is 0.952. The number of aliphatic hydroxyl groups excluding tert-OH is 1. The van der Waals surface area contributed by atoms with E-state index in [0.29, 0.717) is 6.42 Å². The Morgan fingerprint density at radius 2 is 1.48 bits per heavy atom. The van der Waals surface area contributed by atoms with E-state index in [1.165, 1.54) is 70.6 Å². The van der Waals surface area contributed by atoms with Gasteiger partial charge < -0.3 is 9.84 Å². The Bertz CT molecular complexity index is 335. The Labute approximate surface area is 159 Å². The normalized spacial score (nSPS) is 21.0. The molecule has 3 nitrogen and oxygen atoms in total. The molecule has 0 amide bonds. The van der Waals surface area contributed by atoms with Crippen molar-refractivity contribution in [2.45, 2.75) is 121 Å². The number of carbonyl (C=O) groups is 1. The zero-order valence-corrected chi connectivity index (χ0v) is 17.3. The molecule has 1 aliphatic rings. The fourth-order valence-corrected chi connectivity index (χ4v) is 4.54. The summed E-state index contributed by atoms with van der Waals surface area (Å²) in [5.74, 6) is 0.945. The Morgan fingerprint density at radius 1 is 0.920 bits per heavy atom. The van der Waals surface area contributed by atoms with Crippen molar-refractivity contribution in [2.24, 2.45) is 0 Å². The van der Waals surface area contributed by atoms with E-state index in [4.69, 9.17) is 4.74 Å². The van der Waals surface area contributed by atoms with Crippen LogP contribution in [0.2, 0.25) is 0 Å². The quantitative estimate of drug-likeness (QED) is 0.256. The van der Waals surface area contributed by atoms with Crippen LogP contribution in [0.4, 0.5) is 0 Å². The lowest BCUT2D eigenvalue weighted by Crippen LogP contribution is -2.49. The second kappa shape index (κ2) is 14.9. The zero-order valence-electron chi connectivity index (χ0n) is 16.5. The summed E-state index contributed by atoms with van der Waals surface area (Å²) in [4.78, 5) is 11.6. The molecule has 0 spiro atoms. The molecule has 3 atom stereocenters. The first-order valence-electron chi connectivity index (χ1n) is 10.7. The van der Waals surface area contributed by atoms with E-state index in [9.17, 15) is 9.90 Å². The molecule has 1 rings (SSSR count). The van der Waals surface area contributed by atoms with Gasteiger partial charge in [-0.3, -0.25) is 4.79 Å². The molecule has 4 heteroatoms. The average molecular weight is 373 g/mol. The topological polar surface area (TPSA) is 46.5 Å². The van der Waals surface area contributed by atoms with Gasteiger partial charge in [-0.15, -0.1) is 11.8 Å². The van der Waals surface area contributed by atoms with E-state index >= 15 is 0 Å². The SMILES string of the molecule is CCCCCCCCCCC[C@H](O)C[C@@H]1OC(=O)[C@H]1SCCCCC. The minimum Gasteiger partial charge on any atom is -0.460 e. The van der Waals surface area contributed by atoms with Gasteiger partial charge in [0.1, 0.15) is 11.4 Å². The van der Waals surface area contributed by atoms with Crippen LogP contribution in [0.25, 0.3) is 0 Å². The first-order chi connectivity index (χ1) is 12.2. The second-order valence-corrected chi connectivity index (χ2v) is 8.73. The van der Waals surface area contributed by atoms with Gasteiger partial charge in [0.2, 0.25) is 0 Å². The highest BCUT2D eigenvalue weighted by molar-refractivity contribution is 8.00. The van der Waals surface area contributed by atoms with Crippen LogP contribution in [-0.2, 0) is 9.53 Å². The fourth-order valence-electron chi connectivity index (χ4n) is 3.34. The number of ether oxygens (including phenoxy) is 1. The van der Waals surface area contributed by atoms with E-state index in [2.05, 4.69) is 13.8 Å². The van der Waals surface area contributed by atoms with Gasteiger partial charge in [0, 0.05) is 6.42 Å². The molecule has 1 fully saturated rings. The zero-order chi connectivity index (χ0) is 18.3. The van der Waals surface area contributed by atoms with Crippen LogP contribution < -0.4 is 0 Å². The molecule has 0 bridgehead atoms. The van der Waals surface area contributed by atoms with Crippen LogP contribution in [0, 0.1) is 0 Å². The van der Waals surface area contributed by atoms with Crippen molar-refractivity contribution >= 4 is 17.7 Å². The molecule has 0 aliphatic carbocycles. The highest BCUT2D eigenvalue weighted by Gasteiger charge is 2.43. The van der Waals surface area contributed by atoms with Crippen LogP contribution in [0.15, 0.2) is 0 Å². The number of thioether (sulfide) groups is 1. The van der Waals surface area contributed by atoms with Crippen molar-refractivity contribution in [1.29, 1.82) is 0 Å². The molecule has 1 N–H and O–H groups in total. The van der Waals surface area contributed by atoms with Gasteiger partial charge >= 0.3 is 5.97 Å². The van der Waals surface area contributed by atoms with E-state index in [1.54, 1.807) is 11.8 Å². The number of cyclic esters (lactones) is 1. The molecular weight excluding hydrogens is 332 g/mol. The van der Waals surface area contributed by atoms with Crippen molar-refractivity contribution in [1.82, 2.24) is 0 Å². The smallest absolute Gasteiger partial charge is 0.323 e. The number of unbranched alkanes of at least 4 members (excludes halogenated alkanes) is 10. The molecular formula is C21H40O3S. The van der Waals surface area contributed by atoms with E-state index in [-0.39, 0.29) is 23.4 Å².